The predicted molar refractivity (Wildman–Crippen MR) is 150 cm³/mol. The number of benzene rings is 2. The van der Waals surface area contributed by atoms with E-state index in [1.165, 1.54) is 22.3 Å². The Bertz CT molecular complexity index is 1020. The zero-order valence-electron chi connectivity index (χ0n) is 23.9. The van der Waals surface area contributed by atoms with Crippen LogP contribution in [0.4, 0.5) is 0 Å². The third kappa shape index (κ3) is 8.31. The molecule has 0 radical (unpaired) electrons. The molecular formula is C32H48O5. The van der Waals surface area contributed by atoms with E-state index < -0.39 is 12.1 Å². The van der Waals surface area contributed by atoms with E-state index in [9.17, 15) is 15.0 Å². The molecule has 0 fully saturated rings. The molecule has 0 aromatic heterocycles. The van der Waals surface area contributed by atoms with E-state index >= 15 is 0 Å². The topological polar surface area (TPSA) is 87.0 Å². The van der Waals surface area contributed by atoms with Crippen LogP contribution in [-0.2, 0) is 16.6 Å². The van der Waals surface area contributed by atoms with Gasteiger partial charge in [0.15, 0.2) is 0 Å². The fraction of sp³-hybridized carbons (Fsp3) is 0.594. The SMILES string of the molecule is CCC(CC)(c1ccc(CCC(O)C(C)(C)C)c(C)c1)c1ccc(OC[C@H](O)CCCC(=O)O)c(C)c1. The largest absolute Gasteiger partial charge is 0.491 e. The normalized spacial score (nSPS) is 13.9. The molecule has 0 saturated carbocycles. The average molecular weight is 513 g/mol. The number of aliphatic carboxylic acids is 1. The van der Waals surface area contributed by atoms with Gasteiger partial charge in [-0.2, -0.15) is 0 Å². The summed E-state index contributed by atoms with van der Waals surface area (Å²) in [4.78, 5) is 10.7. The fourth-order valence-corrected chi connectivity index (χ4v) is 5.10. The van der Waals surface area contributed by atoms with Crippen molar-refractivity contribution < 1.29 is 24.9 Å². The molecule has 0 aliphatic heterocycles. The molecule has 0 bridgehead atoms. The minimum absolute atomic E-state index is 0.0558. The standard InChI is InChI=1S/C32H48O5/c1-8-32(9-2,25-15-13-24(22(3)19-25)14-18-29(34)31(5,6)7)26-16-17-28(23(4)20-26)37-21-27(33)11-10-12-30(35)36/h13,15-17,19-20,27,29,33-34H,8-12,14,18,21H2,1-7H3,(H,35,36)/t27-,29?/m1/s1. The molecule has 0 amide bonds. The Morgan fingerprint density at radius 2 is 1.51 bits per heavy atom. The van der Waals surface area contributed by atoms with Crippen LogP contribution >= 0.6 is 0 Å². The van der Waals surface area contributed by atoms with Crippen molar-refractivity contribution in [2.45, 2.75) is 111 Å². The zero-order chi connectivity index (χ0) is 27.8. The molecule has 5 heteroatoms. The van der Waals surface area contributed by atoms with Gasteiger partial charge in [-0.25, -0.2) is 0 Å². The van der Waals surface area contributed by atoms with Gasteiger partial charge in [-0.05, 0) is 91.7 Å². The van der Waals surface area contributed by atoms with Crippen molar-refractivity contribution in [1.82, 2.24) is 0 Å². The van der Waals surface area contributed by atoms with Gasteiger partial charge >= 0.3 is 5.97 Å². The summed E-state index contributed by atoms with van der Waals surface area (Å²) in [5.41, 5.74) is 5.89. The second-order valence-electron chi connectivity index (χ2n) is 11.6. The van der Waals surface area contributed by atoms with Gasteiger partial charge in [0.1, 0.15) is 12.4 Å². The number of hydrogen-bond acceptors (Lipinski definition) is 4. The lowest BCUT2D eigenvalue weighted by atomic mass is 9.69. The molecule has 0 aliphatic carbocycles. The van der Waals surface area contributed by atoms with Gasteiger partial charge in [-0.1, -0.05) is 65.0 Å². The minimum atomic E-state index is -0.848. The van der Waals surface area contributed by atoms with E-state index in [1.807, 2.05) is 13.0 Å². The zero-order valence-corrected chi connectivity index (χ0v) is 23.9. The third-order valence-corrected chi connectivity index (χ3v) is 7.88. The lowest BCUT2D eigenvalue weighted by molar-refractivity contribution is -0.137. The minimum Gasteiger partial charge on any atom is -0.491 e. The third-order valence-electron chi connectivity index (χ3n) is 7.88. The molecule has 37 heavy (non-hydrogen) atoms. The maximum Gasteiger partial charge on any atom is 0.303 e. The molecule has 0 saturated heterocycles. The van der Waals surface area contributed by atoms with E-state index in [0.29, 0.717) is 12.8 Å². The summed E-state index contributed by atoms with van der Waals surface area (Å²) < 4.78 is 5.88. The highest BCUT2D eigenvalue weighted by Gasteiger charge is 2.31. The smallest absolute Gasteiger partial charge is 0.303 e. The lowest BCUT2D eigenvalue weighted by Gasteiger charge is -2.34. The Balaban J connectivity index is 2.19. The molecule has 3 N–H and O–H groups in total. The Kier molecular flexibility index (Phi) is 11.2. The summed E-state index contributed by atoms with van der Waals surface area (Å²) in [6.07, 6.45) is 3.43. The van der Waals surface area contributed by atoms with Crippen LogP contribution in [0, 0.1) is 19.3 Å². The molecule has 0 aliphatic rings. The summed E-state index contributed by atoms with van der Waals surface area (Å²) in [5, 5.41) is 29.4. The first-order valence-electron chi connectivity index (χ1n) is 13.8. The van der Waals surface area contributed by atoms with Crippen molar-refractivity contribution in [2.75, 3.05) is 6.61 Å². The molecule has 0 heterocycles. The molecule has 2 rings (SSSR count). The van der Waals surface area contributed by atoms with Crippen LogP contribution in [0.1, 0.15) is 101 Å². The lowest BCUT2D eigenvalue weighted by Crippen LogP contribution is -2.27. The van der Waals surface area contributed by atoms with Crippen LogP contribution in [0.2, 0.25) is 0 Å². The molecule has 2 atom stereocenters. The summed E-state index contributed by atoms with van der Waals surface area (Å²) in [6, 6.07) is 13.1. The Morgan fingerprint density at radius 3 is 2.03 bits per heavy atom. The maximum absolute atomic E-state index is 10.7. The Hall–Kier alpha value is -2.37. The highest BCUT2D eigenvalue weighted by atomic mass is 16.5. The van der Waals surface area contributed by atoms with Crippen molar-refractivity contribution in [3.63, 3.8) is 0 Å². The van der Waals surface area contributed by atoms with Crippen molar-refractivity contribution >= 4 is 5.97 Å². The number of aryl methyl sites for hydroxylation is 3. The van der Waals surface area contributed by atoms with Crippen molar-refractivity contribution in [1.29, 1.82) is 0 Å². The van der Waals surface area contributed by atoms with E-state index in [4.69, 9.17) is 9.84 Å². The molecule has 5 nitrogen and oxygen atoms in total. The van der Waals surface area contributed by atoms with Crippen LogP contribution < -0.4 is 4.74 Å². The number of hydrogen-bond donors (Lipinski definition) is 3. The second-order valence-corrected chi connectivity index (χ2v) is 11.6. The summed E-state index contributed by atoms with van der Waals surface area (Å²) >= 11 is 0. The first kappa shape index (κ1) is 30.9. The van der Waals surface area contributed by atoms with Crippen LogP contribution in [-0.4, -0.2) is 40.1 Å². The van der Waals surface area contributed by atoms with Gasteiger partial charge in [0.2, 0.25) is 0 Å². The number of carbonyl (C=O) groups is 1. The average Bonchev–Trinajstić information content (AvgIpc) is 2.83. The molecule has 2 aromatic carbocycles. The number of carboxylic acids is 1. The predicted octanol–water partition coefficient (Wildman–Crippen LogP) is 6.74. The van der Waals surface area contributed by atoms with Gasteiger partial charge in [-0.15, -0.1) is 0 Å². The molecular weight excluding hydrogens is 464 g/mol. The molecule has 2 aromatic rings. The summed E-state index contributed by atoms with van der Waals surface area (Å²) in [5.74, 6) is -0.106. The second kappa shape index (κ2) is 13.4. The van der Waals surface area contributed by atoms with Crippen molar-refractivity contribution in [3.05, 3.63) is 64.2 Å². The van der Waals surface area contributed by atoms with Gasteiger partial charge < -0.3 is 20.1 Å². The maximum atomic E-state index is 10.7. The van der Waals surface area contributed by atoms with Crippen LogP contribution in [0.3, 0.4) is 0 Å². The monoisotopic (exact) mass is 512 g/mol. The van der Waals surface area contributed by atoms with E-state index in [1.54, 1.807) is 0 Å². The highest BCUT2D eigenvalue weighted by molar-refractivity contribution is 5.66. The van der Waals surface area contributed by atoms with Gasteiger partial charge in [0, 0.05) is 11.8 Å². The molecule has 0 spiro atoms. The molecule has 206 valence electrons. The number of aliphatic hydroxyl groups is 2. The van der Waals surface area contributed by atoms with Gasteiger partial charge in [0.05, 0.1) is 12.2 Å². The quantitative estimate of drug-likeness (QED) is 0.261. The van der Waals surface area contributed by atoms with E-state index in [0.717, 1.165) is 37.0 Å². The van der Waals surface area contributed by atoms with Crippen molar-refractivity contribution in [3.8, 4) is 5.75 Å². The van der Waals surface area contributed by atoms with Crippen molar-refractivity contribution in [2.24, 2.45) is 5.41 Å². The van der Waals surface area contributed by atoms with Crippen LogP contribution in [0.15, 0.2) is 36.4 Å². The van der Waals surface area contributed by atoms with Crippen LogP contribution in [0.25, 0.3) is 0 Å². The highest BCUT2D eigenvalue weighted by Crippen LogP contribution is 2.41. The van der Waals surface area contributed by atoms with Gasteiger partial charge in [-0.3, -0.25) is 4.79 Å². The van der Waals surface area contributed by atoms with E-state index in [-0.39, 0.29) is 30.0 Å². The summed E-state index contributed by atoms with van der Waals surface area (Å²) in [6.45, 7) is 15.0. The number of carboxylic acid groups (broad SMARTS) is 1. The number of aliphatic hydroxyl groups excluding tert-OH is 2. The number of rotatable bonds is 14. The Labute approximate surface area is 223 Å². The molecule has 1 unspecified atom stereocenters. The van der Waals surface area contributed by atoms with Crippen LogP contribution in [0.5, 0.6) is 5.75 Å². The first-order chi connectivity index (χ1) is 17.3. The summed E-state index contributed by atoms with van der Waals surface area (Å²) in [7, 11) is 0. The Morgan fingerprint density at radius 1 is 0.919 bits per heavy atom. The number of ether oxygens (including phenoxy) is 1. The first-order valence-corrected chi connectivity index (χ1v) is 13.8. The van der Waals surface area contributed by atoms with E-state index in [2.05, 4.69) is 71.9 Å². The van der Waals surface area contributed by atoms with Gasteiger partial charge in [0.25, 0.3) is 0 Å². The fourth-order valence-electron chi connectivity index (χ4n) is 5.10.